The maximum absolute atomic E-state index is 12.8. The van der Waals surface area contributed by atoms with Crippen LogP contribution in [0.25, 0.3) is 22.3 Å². The smallest absolute Gasteiger partial charge is 0.416 e. The molecule has 3 aromatic carbocycles. The molecule has 0 spiro atoms. The Balaban J connectivity index is 2.11. The first-order valence-corrected chi connectivity index (χ1v) is 8.20. The Bertz CT molecular complexity index is 957. The van der Waals surface area contributed by atoms with Gasteiger partial charge in [-0.1, -0.05) is 42.5 Å². The normalized spacial score (nSPS) is 12.1. The molecule has 2 nitrogen and oxygen atoms in total. The van der Waals surface area contributed by atoms with E-state index in [9.17, 15) is 36.2 Å². The van der Waals surface area contributed by atoms with Crippen LogP contribution in [0.4, 0.5) is 26.3 Å². The van der Waals surface area contributed by atoms with Crippen LogP contribution in [-0.4, -0.2) is 11.1 Å². The largest absolute Gasteiger partial charge is 0.478 e. The number of hydrogen-bond donors (Lipinski definition) is 1. The van der Waals surface area contributed by atoms with Crippen molar-refractivity contribution >= 4 is 5.97 Å². The van der Waals surface area contributed by atoms with Crippen molar-refractivity contribution in [1.29, 1.82) is 0 Å². The number of benzene rings is 3. The lowest BCUT2D eigenvalue weighted by Gasteiger charge is -2.14. The Morgan fingerprint density at radius 2 is 0.966 bits per heavy atom. The average molecular weight is 410 g/mol. The molecule has 0 atom stereocenters. The standard InChI is InChI=1S/C21H12F6O2/c22-20(23,24)14-8-4-12(5-9-14)16-2-1-3-17(18(16)19(28)29)13-6-10-15(11-7-13)21(25,26)27/h1-11H,(H,28,29). The lowest BCUT2D eigenvalue weighted by Crippen LogP contribution is -2.06. The summed E-state index contributed by atoms with van der Waals surface area (Å²) in [5.41, 5.74) is -1.18. The molecule has 0 fully saturated rings. The van der Waals surface area contributed by atoms with E-state index in [-0.39, 0.29) is 27.8 Å². The topological polar surface area (TPSA) is 37.3 Å². The number of hydrogen-bond acceptors (Lipinski definition) is 1. The number of halogens is 6. The molecule has 3 aromatic rings. The third-order valence-corrected chi connectivity index (χ3v) is 4.32. The molecule has 1 N–H and O–H groups in total. The fraction of sp³-hybridized carbons (Fsp3) is 0.0952. The van der Waals surface area contributed by atoms with E-state index in [2.05, 4.69) is 0 Å². The van der Waals surface area contributed by atoms with Crippen LogP contribution in [0.3, 0.4) is 0 Å². The van der Waals surface area contributed by atoms with Crippen LogP contribution < -0.4 is 0 Å². The summed E-state index contributed by atoms with van der Waals surface area (Å²) in [4.78, 5) is 11.9. The second kappa shape index (κ2) is 7.27. The molecule has 8 heteroatoms. The zero-order valence-corrected chi connectivity index (χ0v) is 14.5. The highest BCUT2D eigenvalue weighted by molar-refractivity contribution is 6.03. The van der Waals surface area contributed by atoms with Gasteiger partial charge >= 0.3 is 18.3 Å². The Labute approximate surface area is 161 Å². The van der Waals surface area contributed by atoms with Crippen LogP contribution >= 0.6 is 0 Å². The van der Waals surface area contributed by atoms with Gasteiger partial charge in [0, 0.05) is 0 Å². The van der Waals surface area contributed by atoms with Crippen molar-refractivity contribution < 1.29 is 36.2 Å². The summed E-state index contributed by atoms with van der Waals surface area (Å²) in [6.45, 7) is 0. The second-order valence-electron chi connectivity index (χ2n) is 6.18. The average Bonchev–Trinajstić information content (AvgIpc) is 2.66. The van der Waals surface area contributed by atoms with Crippen LogP contribution in [0.15, 0.2) is 66.7 Å². The molecule has 0 saturated carbocycles. The Kier molecular flexibility index (Phi) is 5.13. The summed E-state index contributed by atoms with van der Waals surface area (Å²) < 4.78 is 76.5. The maximum atomic E-state index is 12.8. The summed E-state index contributed by atoms with van der Waals surface area (Å²) >= 11 is 0. The molecule has 150 valence electrons. The van der Waals surface area contributed by atoms with Crippen LogP contribution in [0, 0.1) is 0 Å². The molecule has 0 unspecified atom stereocenters. The van der Waals surface area contributed by atoms with E-state index >= 15 is 0 Å². The molecule has 0 aliphatic rings. The van der Waals surface area contributed by atoms with Crippen molar-refractivity contribution in [2.45, 2.75) is 12.4 Å². The Morgan fingerprint density at radius 3 is 1.24 bits per heavy atom. The minimum atomic E-state index is -4.53. The first kappa shape index (κ1) is 20.4. The second-order valence-corrected chi connectivity index (χ2v) is 6.18. The van der Waals surface area contributed by atoms with Crippen LogP contribution in [0.2, 0.25) is 0 Å². The van der Waals surface area contributed by atoms with Gasteiger partial charge in [0.25, 0.3) is 0 Å². The van der Waals surface area contributed by atoms with E-state index in [4.69, 9.17) is 0 Å². The van der Waals surface area contributed by atoms with Gasteiger partial charge in [0.05, 0.1) is 16.7 Å². The van der Waals surface area contributed by atoms with E-state index in [0.717, 1.165) is 48.5 Å². The third-order valence-electron chi connectivity index (χ3n) is 4.32. The van der Waals surface area contributed by atoms with E-state index in [1.165, 1.54) is 18.2 Å². The van der Waals surface area contributed by atoms with Crippen molar-refractivity contribution in [2.24, 2.45) is 0 Å². The minimum absolute atomic E-state index is 0.156. The van der Waals surface area contributed by atoms with Gasteiger partial charge in [-0.3, -0.25) is 0 Å². The van der Waals surface area contributed by atoms with Gasteiger partial charge in [0.2, 0.25) is 0 Å². The van der Waals surface area contributed by atoms with Crippen molar-refractivity contribution in [3.63, 3.8) is 0 Å². The SMILES string of the molecule is O=C(O)c1c(-c2ccc(C(F)(F)F)cc2)cccc1-c1ccc(C(F)(F)F)cc1. The van der Waals surface area contributed by atoms with Gasteiger partial charge in [-0.2, -0.15) is 26.3 Å². The molecule has 0 aromatic heterocycles. The van der Waals surface area contributed by atoms with Crippen LogP contribution in [-0.2, 0) is 12.4 Å². The summed E-state index contributed by atoms with van der Waals surface area (Å²) in [6, 6.07) is 12.3. The summed E-state index contributed by atoms with van der Waals surface area (Å²) in [6.07, 6.45) is -9.06. The maximum Gasteiger partial charge on any atom is 0.416 e. The predicted octanol–water partition coefficient (Wildman–Crippen LogP) is 6.76. The summed E-state index contributed by atoms with van der Waals surface area (Å²) in [7, 11) is 0. The predicted molar refractivity (Wildman–Crippen MR) is 94.3 cm³/mol. The van der Waals surface area contributed by atoms with Gasteiger partial charge in [-0.15, -0.1) is 0 Å². The Hall–Kier alpha value is -3.29. The molecular weight excluding hydrogens is 398 g/mol. The quantitative estimate of drug-likeness (QED) is 0.485. The molecule has 0 aliphatic heterocycles. The van der Waals surface area contributed by atoms with Gasteiger partial charge < -0.3 is 5.11 Å². The number of carbonyl (C=O) groups is 1. The molecule has 0 bridgehead atoms. The Morgan fingerprint density at radius 1 is 0.621 bits per heavy atom. The zero-order valence-electron chi connectivity index (χ0n) is 14.5. The highest BCUT2D eigenvalue weighted by Gasteiger charge is 2.31. The number of carboxylic acid groups (broad SMARTS) is 1. The molecule has 0 saturated heterocycles. The summed E-state index contributed by atoms with van der Waals surface area (Å²) in [5, 5.41) is 9.68. The highest BCUT2D eigenvalue weighted by Crippen LogP contribution is 2.36. The number of rotatable bonds is 3. The number of alkyl halides is 6. The van der Waals surface area contributed by atoms with Gasteiger partial charge in [-0.05, 0) is 46.5 Å². The molecular formula is C21H12F6O2. The first-order valence-electron chi connectivity index (χ1n) is 8.20. The molecule has 29 heavy (non-hydrogen) atoms. The van der Waals surface area contributed by atoms with Gasteiger partial charge in [0.15, 0.2) is 0 Å². The van der Waals surface area contributed by atoms with Crippen molar-refractivity contribution in [1.82, 2.24) is 0 Å². The monoisotopic (exact) mass is 410 g/mol. The third kappa shape index (κ3) is 4.26. The fourth-order valence-corrected chi connectivity index (χ4v) is 2.94. The van der Waals surface area contributed by atoms with Crippen molar-refractivity contribution in [2.75, 3.05) is 0 Å². The lowest BCUT2D eigenvalue weighted by atomic mass is 9.91. The highest BCUT2D eigenvalue weighted by atomic mass is 19.4. The molecule has 0 aliphatic carbocycles. The molecule has 3 rings (SSSR count). The minimum Gasteiger partial charge on any atom is -0.478 e. The zero-order chi connectivity index (χ0) is 21.4. The van der Waals surface area contributed by atoms with Gasteiger partial charge in [0.1, 0.15) is 0 Å². The fourth-order valence-electron chi connectivity index (χ4n) is 2.94. The van der Waals surface area contributed by atoms with Crippen molar-refractivity contribution in [3.8, 4) is 22.3 Å². The van der Waals surface area contributed by atoms with Crippen LogP contribution in [0.1, 0.15) is 21.5 Å². The van der Waals surface area contributed by atoms with E-state index in [1.54, 1.807) is 0 Å². The molecule has 0 radical (unpaired) electrons. The lowest BCUT2D eigenvalue weighted by molar-refractivity contribution is -0.138. The number of aromatic carboxylic acids is 1. The molecule has 0 amide bonds. The van der Waals surface area contributed by atoms with E-state index in [0.29, 0.717) is 0 Å². The van der Waals surface area contributed by atoms with Crippen LogP contribution in [0.5, 0.6) is 0 Å². The van der Waals surface area contributed by atoms with Crippen molar-refractivity contribution in [3.05, 3.63) is 83.4 Å². The van der Waals surface area contributed by atoms with Gasteiger partial charge in [-0.25, -0.2) is 4.79 Å². The summed E-state index contributed by atoms with van der Waals surface area (Å²) in [5.74, 6) is -1.35. The molecule has 0 heterocycles. The van der Waals surface area contributed by atoms with E-state index in [1.807, 2.05) is 0 Å². The number of carboxylic acids is 1. The first-order chi connectivity index (χ1) is 13.5. The van der Waals surface area contributed by atoms with E-state index < -0.39 is 29.4 Å².